The van der Waals surface area contributed by atoms with E-state index in [0.29, 0.717) is 28.7 Å². The molecule has 1 aliphatic carbocycles. The summed E-state index contributed by atoms with van der Waals surface area (Å²) in [5, 5.41) is 8.45. The first-order valence-electron chi connectivity index (χ1n) is 11.4. The third-order valence-corrected chi connectivity index (χ3v) is 7.01. The van der Waals surface area contributed by atoms with Gasteiger partial charge in [0.25, 0.3) is 5.91 Å². The largest absolute Gasteiger partial charge is 0.463 e. The van der Waals surface area contributed by atoms with Crippen molar-refractivity contribution in [3.05, 3.63) is 65.0 Å². The van der Waals surface area contributed by atoms with Gasteiger partial charge in [0.1, 0.15) is 16.9 Å². The number of carbonyl (C=O) groups is 2. The molecule has 3 aromatic rings. The van der Waals surface area contributed by atoms with E-state index in [1.54, 1.807) is 46.2 Å². The van der Waals surface area contributed by atoms with E-state index in [-0.39, 0.29) is 24.4 Å². The lowest BCUT2D eigenvalue weighted by atomic mass is 9.91. The number of fused-ring (bicyclic) bond motifs is 1. The van der Waals surface area contributed by atoms with Crippen LogP contribution in [0.15, 0.2) is 53.1 Å². The Balaban J connectivity index is 1.50. The van der Waals surface area contributed by atoms with Crippen LogP contribution in [0.25, 0.3) is 11.5 Å². The smallest absolute Gasteiger partial charge is 0.273 e. The van der Waals surface area contributed by atoms with Crippen LogP contribution in [-0.2, 0) is 17.9 Å². The number of hydrogen-bond donors (Lipinski definition) is 1. The highest BCUT2D eigenvalue weighted by molar-refractivity contribution is 6.30. The molecule has 8 heteroatoms. The number of nitrogens with one attached hydrogen (secondary N) is 1. The van der Waals surface area contributed by atoms with Crippen LogP contribution in [0.2, 0.25) is 5.02 Å². The van der Waals surface area contributed by atoms with Crippen LogP contribution in [0.1, 0.15) is 55.1 Å². The summed E-state index contributed by atoms with van der Waals surface area (Å²) < 4.78 is 7.11. The van der Waals surface area contributed by atoms with E-state index < -0.39 is 5.54 Å². The summed E-state index contributed by atoms with van der Waals surface area (Å²) in [5.74, 6) is 0.211. The highest BCUT2D eigenvalue weighted by Gasteiger charge is 2.48. The Labute approximate surface area is 197 Å². The van der Waals surface area contributed by atoms with Gasteiger partial charge in [-0.2, -0.15) is 5.10 Å². The van der Waals surface area contributed by atoms with Crippen molar-refractivity contribution in [2.24, 2.45) is 0 Å². The summed E-state index contributed by atoms with van der Waals surface area (Å²) in [4.78, 5) is 29.0. The fourth-order valence-corrected chi connectivity index (χ4v) is 4.92. The monoisotopic (exact) mass is 466 g/mol. The van der Waals surface area contributed by atoms with Gasteiger partial charge < -0.3 is 14.6 Å². The zero-order valence-corrected chi connectivity index (χ0v) is 19.3. The quantitative estimate of drug-likeness (QED) is 0.593. The van der Waals surface area contributed by atoms with Gasteiger partial charge in [-0.1, -0.05) is 43.0 Å². The molecule has 172 valence electrons. The van der Waals surface area contributed by atoms with E-state index in [4.69, 9.17) is 16.0 Å². The molecule has 1 N–H and O–H groups in total. The summed E-state index contributed by atoms with van der Waals surface area (Å²) >= 11 is 6.05. The molecule has 2 aliphatic rings. The maximum Gasteiger partial charge on any atom is 0.273 e. The van der Waals surface area contributed by atoms with Crippen molar-refractivity contribution in [2.45, 2.75) is 63.7 Å². The second-order valence-corrected chi connectivity index (χ2v) is 9.59. The molecule has 1 saturated carbocycles. The van der Waals surface area contributed by atoms with Gasteiger partial charge in [0, 0.05) is 23.7 Å². The molecule has 0 radical (unpaired) electrons. The zero-order valence-electron chi connectivity index (χ0n) is 18.6. The lowest BCUT2D eigenvalue weighted by Gasteiger charge is -2.44. The molecule has 0 spiro atoms. The van der Waals surface area contributed by atoms with Crippen LogP contribution in [0.3, 0.4) is 0 Å². The number of halogens is 1. The van der Waals surface area contributed by atoms with Crippen LogP contribution >= 0.6 is 11.6 Å². The average molecular weight is 467 g/mol. The van der Waals surface area contributed by atoms with Gasteiger partial charge in [-0.25, -0.2) is 0 Å². The SMILES string of the molecule is C[C@@]1(C(=O)NC2CCCCC2)Cn2nc(-c3ccco3)cc2C(=O)N1Cc1ccc(Cl)cc1. The number of benzene rings is 1. The first-order chi connectivity index (χ1) is 15.9. The van der Waals surface area contributed by atoms with Gasteiger partial charge in [-0.15, -0.1) is 0 Å². The van der Waals surface area contributed by atoms with Crippen molar-refractivity contribution >= 4 is 23.4 Å². The van der Waals surface area contributed by atoms with Crippen molar-refractivity contribution in [1.29, 1.82) is 0 Å². The van der Waals surface area contributed by atoms with Crippen LogP contribution in [-0.4, -0.2) is 38.1 Å². The minimum absolute atomic E-state index is 0.141. The van der Waals surface area contributed by atoms with Crippen molar-refractivity contribution in [2.75, 3.05) is 0 Å². The van der Waals surface area contributed by atoms with Crippen LogP contribution in [0.5, 0.6) is 0 Å². The Morgan fingerprint density at radius 1 is 1.21 bits per heavy atom. The maximum absolute atomic E-state index is 13.7. The minimum Gasteiger partial charge on any atom is -0.463 e. The predicted molar refractivity (Wildman–Crippen MR) is 125 cm³/mol. The maximum atomic E-state index is 13.7. The second kappa shape index (κ2) is 8.71. The fraction of sp³-hybridized carbons (Fsp3) is 0.400. The molecule has 3 heterocycles. The number of hydrogen-bond acceptors (Lipinski definition) is 4. The van der Waals surface area contributed by atoms with E-state index >= 15 is 0 Å². The Morgan fingerprint density at radius 3 is 2.67 bits per heavy atom. The Hall–Kier alpha value is -3.06. The molecule has 1 atom stereocenters. The Kier molecular flexibility index (Phi) is 5.74. The van der Waals surface area contributed by atoms with Gasteiger partial charge in [0.2, 0.25) is 5.91 Å². The molecule has 2 amide bonds. The minimum atomic E-state index is -1.09. The van der Waals surface area contributed by atoms with Gasteiger partial charge in [-0.05, 0) is 49.6 Å². The number of nitrogens with zero attached hydrogens (tertiary/aromatic N) is 3. The molecule has 2 aromatic heterocycles. The van der Waals surface area contributed by atoms with E-state index in [2.05, 4.69) is 10.4 Å². The van der Waals surface area contributed by atoms with Crippen molar-refractivity contribution in [3.8, 4) is 11.5 Å². The lowest BCUT2D eigenvalue weighted by molar-refractivity contribution is -0.134. The molecule has 1 aromatic carbocycles. The summed E-state index contributed by atoms with van der Waals surface area (Å²) in [6, 6.07) is 12.8. The van der Waals surface area contributed by atoms with Gasteiger partial charge >= 0.3 is 0 Å². The number of amides is 2. The molecular weight excluding hydrogens is 440 g/mol. The van der Waals surface area contributed by atoms with Gasteiger partial charge in [0.15, 0.2) is 5.76 Å². The van der Waals surface area contributed by atoms with Gasteiger partial charge in [-0.3, -0.25) is 14.3 Å². The zero-order chi connectivity index (χ0) is 23.0. The van der Waals surface area contributed by atoms with E-state index in [1.807, 2.05) is 19.1 Å². The number of aromatic nitrogens is 2. The van der Waals surface area contributed by atoms with Crippen LogP contribution < -0.4 is 5.32 Å². The van der Waals surface area contributed by atoms with E-state index in [9.17, 15) is 9.59 Å². The van der Waals surface area contributed by atoms with E-state index in [1.165, 1.54) is 6.42 Å². The first kappa shape index (κ1) is 21.8. The van der Waals surface area contributed by atoms with Crippen molar-refractivity contribution in [3.63, 3.8) is 0 Å². The summed E-state index contributed by atoms with van der Waals surface area (Å²) in [6.07, 6.45) is 6.96. The molecule has 1 aliphatic heterocycles. The normalized spacial score (nSPS) is 21.2. The molecule has 5 rings (SSSR count). The number of furan rings is 1. The Morgan fingerprint density at radius 2 is 1.97 bits per heavy atom. The molecule has 0 saturated heterocycles. The molecule has 33 heavy (non-hydrogen) atoms. The highest BCUT2D eigenvalue weighted by atomic mass is 35.5. The van der Waals surface area contributed by atoms with Crippen molar-refractivity contribution in [1.82, 2.24) is 20.0 Å². The number of rotatable bonds is 5. The van der Waals surface area contributed by atoms with Crippen LogP contribution in [0, 0.1) is 0 Å². The second-order valence-electron chi connectivity index (χ2n) is 9.15. The topological polar surface area (TPSA) is 80.4 Å². The summed E-state index contributed by atoms with van der Waals surface area (Å²) in [7, 11) is 0. The number of carbonyl (C=O) groups excluding carboxylic acids is 2. The third kappa shape index (κ3) is 4.17. The molecule has 0 unspecified atom stereocenters. The summed E-state index contributed by atoms with van der Waals surface area (Å²) in [6.45, 7) is 2.39. The third-order valence-electron chi connectivity index (χ3n) is 6.75. The lowest BCUT2D eigenvalue weighted by Crippen LogP contribution is -2.64. The highest BCUT2D eigenvalue weighted by Crippen LogP contribution is 2.32. The van der Waals surface area contributed by atoms with E-state index in [0.717, 1.165) is 31.2 Å². The van der Waals surface area contributed by atoms with Crippen LogP contribution in [0.4, 0.5) is 0 Å². The Bertz CT molecular complexity index is 1150. The van der Waals surface area contributed by atoms with Crippen molar-refractivity contribution < 1.29 is 14.0 Å². The predicted octanol–water partition coefficient (Wildman–Crippen LogP) is 4.66. The average Bonchev–Trinajstić information content (AvgIpc) is 3.48. The molecule has 7 nitrogen and oxygen atoms in total. The molecule has 0 bridgehead atoms. The molecule has 1 fully saturated rings. The standard InChI is InChI=1S/C25H27ClN4O3/c1-25(24(32)27-19-6-3-2-4-7-19)16-30-21(14-20(28-30)22-8-5-13-33-22)23(31)29(25)15-17-9-11-18(26)12-10-17/h5,8-14,19H,2-4,6-7,15-16H2,1H3,(H,27,32)/t25-/m0/s1. The van der Waals surface area contributed by atoms with Gasteiger partial charge in [0.05, 0.1) is 12.8 Å². The first-order valence-corrected chi connectivity index (χ1v) is 11.8. The summed E-state index contributed by atoms with van der Waals surface area (Å²) in [5.41, 5.74) is 0.835. The molecular formula is C25H27ClN4O3. The fourth-order valence-electron chi connectivity index (χ4n) is 4.79.